The molecule has 7 rings (SSSR count). The summed E-state index contributed by atoms with van der Waals surface area (Å²) in [5.41, 5.74) is 2.70. The minimum absolute atomic E-state index is 0.0268. The number of fused-ring (bicyclic) bond motifs is 1. The van der Waals surface area contributed by atoms with Gasteiger partial charge in [-0.2, -0.15) is 22.7 Å². The molecule has 0 radical (unpaired) electrons. The number of allylic oxidation sites excluding steroid dienone is 4. The van der Waals surface area contributed by atoms with Gasteiger partial charge in [0.1, 0.15) is 48.2 Å². The van der Waals surface area contributed by atoms with E-state index in [1.54, 1.807) is 24.3 Å². The van der Waals surface area contributed by atoms with E-state index in [0.717, 1.165) is 48.6 Å². The van der Waals surface area contributed by atoms with Crippen LogP contribution < -0.4 is 9.47 Å². The Morgan fingerprint density at radius 2 is 1.86 bits per heavy atom. The number of carboxylic acid groups (broad SMARTS) is 1. The number of carbonyl (C=O) groups is 1. The van der Waals surface area contributed by atoms with Crippen molar-refractivity contribution < 1.29 is 46.1 Å². The van der Waals surface area contributed by atoms with Crippen LogP contribution in [0.3, 0.4) is 0 Å². The lowest BCUT2D eigenvalue weighted by atomic mass is 9.89. The third kappa shape index (κ3) is 9.43. The predicted molar refractivity (Wildman–Crippen MR) is 204 cm³/mol. The summed E-state index contributed by atoms with van der Waals surface area (Å²) in [6.45, 7) is 5.52. The van der Waals surface area contributed by atoms with Crippen molar-refractivity contribution in [2.45, 2.75) is 51.6 Å². The molecule has 1 fully saturated rings. The Hall–Kier alpha value is -4.97. The topological polar surface area (TPSA) is 128 Å². The number of likely N-dealkylation sites (N-methyl/N-ethyl adjacent to an activating group) is 1. The maximum absolute atomic E-state index is 14.3. The third-order valence-electron chi connectivity index (χ3n) is 9.88. The zero-order chi connectivity index (χ0) is 40.3. The summed E-state index contributed by atoms with van der Waals surface area (Å²) in [5, 5.41) is 15.0. The highest BCUT2D eigenvalue weighted by Gasteiger charge is 2.32. The normalized spacial score (nSPS) is 16.4. The van der Waals surface area contributed by atoms with Gasteiger partial charge in [0.2, 0.25) is 12.0 Å². The minimum Gasteiger partial charge on any atom is -0.495 e. The molecule has 1 aliphatic carbocycles. The van der Waals surface area contributed by atoms with E-state index in [-0.39, 0.29) is 36.1 Å². The van der Waals surface area contributed by atoms with Gasteiger partial charge < -0.3 is 28.6 Å². The van der Waals surface area contributed by atoms with Gasteiger partial charge in [0.15, 0.2) is 0 Å². The van der Waals surface area contributed by atoms with Crippen molar-refractivity contribution in [2.75, 3.05) is 46.4 Å². The van der Waals surface area contributed by atoms with E-state index in [4.69, 9.17) is 30.2 Å². The molecule has 12 nitrogen and oxygen atoms in total. The molecule has 1 saturated heterocycles. The van der Waals surface area contributed by atoms with E-state index >= 15 is 0 Å². The lowest BCUT2D eigenvalue weighted by Crippen LogP contribution is -2.45. The predicted octanol–water partition coefficient (Wildman–Crippen LogP) is 7.78. The number of benzene rings is 1. The third-order valence-corrected chi connectivity index (χ3v) is 11.5. The second-order valence-electron chi connectivity index (χ2n) is 13.7. The first kappa shape index (κ1) is 40.2. The van der Waals surface area contributed by atoms with Gasteiger partial charge in [-0.05, 0) is 55.3 Å². The summed E-state index contributed by atoms with van der Waals surface area (Å²) in [6.07, 6.45) is -2.70. The van der Waals surface area contributed by atoms with E-state index in [0.29, 0.717) is 56.5 Å². The Bertz CT molecular complexity index is 2300. The number of nitrogens with zero attached hydrogens (tertiary/aromatic N) is 6. The molecule has 18 heteroatoms. The van der Waals surface area contributed by atoms with Gasteiger partial charge in [-0.1, -0.05) is 29.8 Å². The molecule has 1 N–H and O–H groups in total. The fraction of sp³-hybridized carbons (Fsp3) is 0.385. The van der Waals surface area contributed by atoms with Crippen molar-refractivity contribution in [3.8, 4) is 22.3 Å². The highest BCUT2D eigenvalue weighted by Crippen LogP contribution is 2.49. The van der Waals surface area contributed by atoms with Crippen LogP contribution in [0.5, 0.6) is 11.6 Å². The van der Waals surface area contributed by atoms with Crippen molar-refractivity contribution in [1.29, 1.82) is 0 Å². The van der Waals surface area contributed by atoms with Crippen molar-refractivity contribution in [1.82, 2.24) is 29.5 Å². The first-order chi connectivity index (χ1) is 27.3. The van der Waals surface area contributed by atoms with Crippen molar-refractivity contribution in [2.24, 2.45) is 0 Å². The van der Waals surface area contributed by atoms with E-state index < -0.39 is 30.8 Å². The van der Waals surface area contributed by atoms with Crippen LogP contribution in [0, 0.1) is 6.01 Å². The average molecular weight is 831 g/mol. The number of ether oxygens (including phenoxy) is 3. The zero-order valence-corrected chi connectivity index (χ0v) is 32.6. The van der Waals surface area contributed by atoms with Crippen LogP contribution in [0.15, 0.2) is 75.8 Å². The molecule has 302 valence electrons. The second-order valence-corrected chi connectivity index (χ2v) is 15.1. The van der Waals surface area contributed by atoms with Crippen LogP contribution in [-0.4, -0.2) is 99.3 Å². The maximum Gasteiger partial charge on any atom is 0.408 e. The number of piperazine rings is 1. The number of para-hydroxylation sites is 1. The Morgan fingerprint density at radius 1 is 1.07 bits per heavy atom. The number of hydrogen-bond donors (Lipinski definition) is 1. The lowest BCUT2D eigenvalue weighted by Gasteiger charge is -2.32. The average Bonchev–Trinajstić information content (AvgIpc) is 3.91. The lowest BCUT2D eigenvalue weighted by molar-refractivity contribution is -0.145. The summed E-state index contributed by atoms with van der Waals surface area (Å²) in [6, 6.07) is 9.93. The van der Waals surface area contributed by atoms with Crippen LogP contribution in [0.2, 0.25) is 0 Å². The molecule has 57 heavy (non-hydrogen) atoms. The molecular weight excluding hydrogens is 792 g/mol. The molecule has 2 aliphatic rings. The Kier molecular flexibility index (Phi) is 12.2. The zero-order valence-electron chi connectivity index (χ0n) is 31.0. The Balaban J connectivity index is 1.18. The number of thiophene rings is 1. The fourth-order valence-electron chi connectivity index (χ4n) is 6.86. The number of carboxylic acids is 1. The standard InChI is InChI=1S/C39H39ClF4N6O6S/c1-23-26(7-8-28(34(23)40)53-18-17-49-15-13-48(2)14-16-49)32-33-36(45-22-46-37(33)57-35(32)29-9-10-31(41)55-29)56-30(38(51)52)19-24-5-3-4-6-27(24)54-20-25-11-12-47-50(25)21-39(42,43)44/h3-6,9-12,22,30H,7-8,13-21H2,1-2H3,(H,51,52). The molecule has 1 aromatic carbocycles. The highest BCUT2D eigenvalue weighted by atomic mass is 35.5. The van der Waals surface area contributed by atoms with Gasteiger partial charge >= 0.3 is 12.1 Å². The van der Waals surface area contributed by atoms with Gasteiger partial charge in [-0.25, -0.2) is 14.8 Å². The van der Waals surface area contributed by atoms with Gasteiger partial charge in [-0.15, -0.1) is 11.3 Å². The van der Waals surface area contributed by atoms with Crippen LogP contribution in [0.25, 0.3) is 26.4 Å². The van der Waals surface area contributed by atoms with E-state index in [1.807, 2.05) is 6.92 Å². The smallest absolute Gasteiger partial charge is 0.408 e. The van der Waals surface area contributed by atoms with Crippen LogP contribution >= 0.6 is 22.9 Å². The molecule has 5 aromatic rings. The summed E-state index contributed by atoms with van der Waals surface area (Å²) < 4.78 is 78.1. The number of rotatable bonds is 15. The molecule has 1 atom stereocenters. The van der Waals surface area contributed by atoms with E-state index in [9.17, 15) is 27.5 Å². The van der Waals surface area contributed by atoms with Gasteiger partial charge in [0.25, 0.3) is 6.01 Å². The number of halogens is 5. The Morgan fingerprint density at radius 3 is 2.60 bits per heavy atom. The van der Waals surface area contributed by atoms with Crippen molar-refractivity contribution >= 4 is 44.7 Å². The summed E-state index contributed by atoms with van der Waals surface area (Å²) in [5.74, 6) is -0.169. The highest BCUT2D eigenvalue weighted by molar-refractivity contribution is 7.22. The maximum atomic E-state index is 14.3. The molecule has 0 bridgehead atoms. The van der Waals surface area contributed by atoms with Crippen LogP contribution in [0.4, 0.5) is 17.6 Å². The SMILES string of the molecule is CC1=C(c2c(-c3ccc(F)o3)sc3ncnc(OC(Cc4ccccc4OCc4ccnn4CC(F)(F)F)C(=O)O)c23)CCC(OCCN2CCN(C)CC2)=C1Cl. The number of furan rings is 1. The Labute approximate surface area is 333 Å². The molecular formula is C39H39ClF4N6O6S. The summed E-state index contributed by atoms with van der Waals surface area (Å²) in [4.78, 5) is 27.3. The first-order valence-electron chi connectivity index (χ1n) is 18.2. The molecule has 1 unspecified atom stereocenters. The van der Waals surface area contributed by atoms with Crippen molar-refractivity contribution in [3.05, 3.63) is 94.2 Å². The molecule has 0 saturated carbocycles. The van der Waals surface area contributed by atoms with Gasteiger partial charge in [0, 0.05) is 63.4 Å². The van der Waals surface area contributed by atoms with Crippen LogP contribution in [-0.2, 0) is 29.1 Å². The van der Waals surface area contributed by atoms with E-state index in [2.05, 4.69) is 31.9 Å². The van der Waals surface area contributed by atoms with Crippen molar-refractivity contribution in [3.63, 3.8) is 0 Å². The van der Waals surface area contributed by atoms with Crippen LogP contribution in [0.1, 0.15) is 36.6 Å². The largest absolute Gasteiger partial charge is 0.495 e. The number of aromatic nitrogens is 4. The van der Waals surface area contributed by atoms with Gasteiger partial charge in [0.05, 0.1) is 21.0 Å². The number of alkyl halides is 3. The molecule has 0 spiro atoms. The fourth-order valence-corrected chi connectivity index (χ4v) is 8.25. The summed E-state index contributed by atoms with van der Waals surface area (Å²) >= 11 is 8.21. The number of hydrogen-bond acceptors (Lipinski definition) is 11. The monoisotopic (exact) mass is 830 g/mol. The molecule has 1 aliphatic heterocycles. The second kappa shape index (κ2) is 17.3. The summed E-state index contributed by atoms with van der Waals surface area (Å²) in [7, 11) is 2.11. The molecule has 0 amide bonds. The van der Waals surface area contributed by atoms with E-state index in [1.165, 1.54) is 42.1 Å². The first-order valence-corrected chi connectivity index (χ1v) is 19.4. The van der Waals surface area contributed by atoms with Gasteiger partial charge in [-0.3, -0.25) is 9.58 Å². The minimum atomic E-state index is -4.48. The molecule has 4 aromatic heterocycles. The quantitative estimate of drug-likeness (QED) is 0.104. The number of aliphatic carboxylic acids is 1. The molecule has 5 heterocycles.